The Morgan fingerprint density at radius 3 is 2.70 bits per heavy atom. The molecule has 152 valence electrons. The summed E-state index contributed by atoms with van der Waals surface area (Å²) in [7, 11) is 2.11. The van der Waals surface area contributed by atoms with Crippen molar-refractivity contribution in [3.05, 3.63) is 30.1 Å². The number of aliphatic imine (C=N–C) groups is 1. The lowest BCUT2D eigenvalue weighted by atomic mass is 9.96. The van der Waals surface area contributed by atoms with E-state index in [-0.39, 0.29) is 5.82 Å². The molecule has 1 heterocycles. The van der Waals surface area contributed by atoms with Gasteiger partial charge >= 0.3 is 0 Å². The fourth-order valence-electron chi connectivity index (χ4n) is 3.11. The van der Waals surface area contributed by atoms with E-state index in [0.29, 0.717) is 12.4 Å². The Bertz CT molecular complexity index is 545. The summed E-state index contributed by atoms with van der Waals surface area (Å²) >= 11 is 0. The number of rotatable bonds is 10. The molecule has 5 nitrogen and oxygen atoms in total. The molecule has 0 unspecified atom stereocenters. The van der Waals surface area contributed by atoms with E-state index < -0.39 is 0 Å². The first-order valence-electron chi connectivity index (χ1n) is 10.1. The molecule has 27 heavy (non-hydrogen) atoms. The van der Waals surface area contributed by atoms with Crippen LogP contribution in [0.1, 0.15) is 39.0 Å². The Hall–Kier alpha value is -1.82. The van der Waals surface area contributed by atoms with E-state index >= 15 is 0 Å². The van der Waals surface area contributed by atoms with Crippen LogP contribution in [-0.4, -0.2) is 57.4 Å². The first-order chi connectivity index (χ1) is 13.2. The number of hydrogen-bond donors (Lipinski definition) is 1. The second-order valence-electron chi connectivity index (χ2n) is 7.01. The number of ether oxygens (including phenoxy) is 2. The van der Waals surface area contributed by atoms with Crippen molar-refractivity contribution in [3.63, 3.8) is 0 Å². The summed E-state index contributed by atoms with van der Waals surface area (Å²) in [6.45, 7) is 7.19. The zero-order valence-electron chi connectivity index (χ0n) is 16.8. The number of unbranched alkanes of at least 4 members (excludes halogenated alkanes) is 1. The molecule has 1 aromatic rings. The van der Waals surface area contributed by atoms with E-state index in [2.05, 4.69) is 24.2 Å². The molecule has 0 aliphatic carbocycles. The Morgan fingerprint density at radius 1 is 1.26 bits per heavy atom. The van der Waals surface area contributed by atoms with Gasteiger partial charge in [0.25, 0.3) is 0 Å². The van der Waals surface area contributed by atoms with Gasteiger partial charge in [-0.05, 0) is 69.2 Å². The minimum absolute atomic E-state index is 0.242. The van der Waals surface area contributed by atoms with Crippen molar-refractivity contribution in [1.82, 2.24) is 10.2 Å². The SMILES string of the molecule is CCNC(=NCCCCOc1ccc(F)cc1)N(C)CCC1CCOCC1. The highest BCUT2D eigenvalue weighted by atomic mass is 19.1. The van der Waals surface area contributed by atoms with Crippen LogP contribution in [0.2, 0.25) is 0 Å². The Kier molecular flexibility index (Phi) is 9.98. The van der Waals surface area contributed by atoms with Crippen LogP contribution in [0.4, 0.5) is 4.39 Å². The van der Waals surface area contributed by atoms with Crippen LogP contribution in [0.15, 0.2) is 29.3 Å². The quantitative estimate of drug-likeness (QED) is 0.383. The Balaban J connectivity index is 1.64. The van der Waals surface area contributed by atoms with Crippen molar-refractivity contribution >= 4 is 5.96 Å². The van der Waals surface area contributed by atoms with Crippen LogP contribution in [0.3, 0.4) is 0 Å². The van der Waals surface area contributed by atoms with Gasteiger partial charge in [-0.3, -0.25) is 4.99 Å². The molecule has 2 rings (SSSR count). The molecule has 1 N–H and O–H groups in total. The van der Waals surface area contributed by atoms with Crippen LogP contribution >= 0.6 is 0 Å². The topological polar surface area (TPSA) is 46.1 Å². The minimum Gasteiger partial charge on any atom is -0.494 e. The van der Waals surface area contributed by atoms with Crippen LogP contribution in [0.25, 0.3) is 0 Å². The van der Waals surface area contributed by atoms with Gasteiger partial charge in [-0.15, -0.1) is 0 Å². The third-order valence-corrected chi connectivity index (χ3v) is 4.81. The van der Waals surface area contributed by atoms with E-state index in [1.54, 1.807) is 12.1 Å². The van der Waals surface area contributed by atoms with Crippen LogP contribution < -0.4 is 10.1 Å². The number of halogens is 1. The maximum atomic E-state index is 12.9. The number of nitrogens with zero attached hydrogens (tertiary/aromatic N) is 2. The number of benzene rings is 1. The summed E-state index contributed by atoms with van der Waals surface area (Å²) in [5.41, 5.74) is 0. The molecule has 0 amide bonds. The van der Waals surface area contributed by atoms with Crippen molar-refractivity contribution < 1.29 is 13.9 Å². The van der Waals surface area contributed by atoms with Crippen molar-refractivity contribution in [1.29, 1.82) is 0 Å². The fourth-order valence-corrected chi connectivity index (χ4v) is 3.11. The summed E-state index contributed by atoms with van der Waals surface area (Å²) < 4.78 is 23.9. The van der Waals surface area contributed by atoms with E-state index in [4.69, 9.17) is 14.5 Å². The molecule has 1 aliphatic rings. The third-order valence-electron chi connectivity index (χ3n) is 4.81. The van der Waals surface area contributed by atoms with Gasteiger partial charge in [0, 0.05) is 39.9 Å². The highest BCUT2D eigenvalue weighted by Gasteiger charge is 2.15. The van der Waals surface area contributed by atoms with Crippen molar-refractivity contribution in [2.45, 2.75) is 39.0 Å². The molecule has 0 aromatic heterocycles. The second kappa shape index (κ2) is 12.5. The molecule has 6 heteroatoms. The van der Waals surface area contributed by atoms with Gasteiger partial charge in [0.2, 0.25) is 0 Å². The molecule has 1 aromatic carbocycles. The van der Waals surface area contributed by atoms with Crippen molar-refractivity contribution in [2.75, 3.05) is 46.5 Å². The first-order valence-corrected chi connectivity index (χ1v) is 10.1. The lowest BCUT2D eigenvalue weighted by Gasteiger charge is -2.26. The second-order valence-corrected chi connectivity index (χ2v) is 7.01. The molecular weight excluding hydrogens is 345 g/mol. The maximum absolute atomic E-state index is 12.9. The summed E-state index contributed by atoms with van der Waals surface area (Å²) in [5.74, 6) is 2.21. The van der Waals surface area contributed by atoms with Gasteiger partial charge in [0.05, 0.1) is 6.61 Å². The molecule has 1 fully saturated rings. The van der Waals surface area contributed by atoms with Gasteiger partial charge in [-0.25, -0.2) is 4.39 Å². The zero-order valence-corrected chi connectivity index (χ0v) is 16.8. The van der Waals surface area contributed by atoms with Crippen molar-refractivity contribution in [2.24, 2.45) is 10.9 Å². The highest BCUT2D eigenvalue weighted by Crippen LogP contribution is 2.18. The maximum Gasteiger partial charge on any atom is 0.193 e. The van der Waals surface area contributed by atoms with Gasteiger partial charge < -0.3 is 19.7 Å². The summed E-state index contributed by atoms with van der Waals surface area (Å²) in [4.78, 5) is 6.97. The smallest absolute Gasteiger partial charge is 0.193 e. The molecule has 1 aliphatic heterocycles. The lowest BCUT2D eigenvalue weighted by molar-refractivity contribution is 0.0625. The van der Waals surface area contributed by atoms with Crippen LogP contribution in [0, 0.1) is 11.7 Å². The summed E-state index contributed by atoms with van der Waals surface area (Å²) in [6.07, 6.45) is 5.43. The average Bonchev–Trinajstić information content (AvgIpc) is 2.70. The number of hydrogen-bond acceptors (Lipinski definition) is 3. The normalized spacial score (nSPS) is 15.6. The number of nitrogens with one attached hydrogen (secondary N) is 1. The molecule has 0 radical (unpaired) electrons. The Morgan fingerprint density at radius 2 is 2.00 bits per heavy atom. The average molecular weight is 380 g/mol. The molecular formula is C21H34FN3O2. The van der Waals surface area contributed by atoms with E-state index in [1.807, 2.05) is 0 Å². The predicted octanol–water partition coefficient (Wildman–Crippen LogP) is 3.70. The predicted molar refractivity (Wildman–Crippen MR) is 108 cm³/mol. The van der Waals surface area contributed by atoms with Gasteiger partial charge in [0.1, 0.15) is 11.6 Å². The van der Waals surface area contributed by atoms with Crippen LogP contribution in [0.5, 0.6) is 5.75 Å². The lowest BCUT2D eigenvalue weighted by Crippen LogP contribution is -2.40. The molecule has 0 saturated carbocycles. The van der Waals surface area contributed by atoms with E-state index in [9.17, 15) is 4.39 Å². The van der Waals surface area contributed by atoms with Gasteiger partial charge in [-0.1, -0.05) is 0 Å². The van der Waals surface area contributed by atoms with Gasteiger partial charge in [0.15, 0.2) is 5.96 Å². The summed E-state index contributed by atoms with van der Waals surface area (Å²) in [6, 6.07) is 6.14. The van der Waals surface area contributed by atoms with Crippen molar-refractivity contribution in [3.8, 4) is 5.75 Å². The highest BCUT2D eigenvalue weighted by molar-refractivity contribution is 5.79. The third kappa shape index (κ3) is 8.61. The summed E-state index contributed by atoms with van der Waals surface area (Å²) in [5, 5.41) is 3.38. The van der Waals surface area contributed by atoms with E-state index in [1.165, 1.54) is 31.4 Å². The zero-order chi connectivity index (χ0) is 19.3. The van der Waals surface area contributed by atoms with E-state index in [0.717, 1.165) is 57.6 Å². The standard InChI is InChI=1S/C21H34FN3O2/c1-3-23-21(25(2)14-10-18-11-16-26-17-12-18)24-13-4-5-15-27-20-8-6-19(22)7-9-20/h6-9,18H,3-5,10-17H2,1-2H3,(H,23,24). The Labute approximate surface area is 162 Å². The largest absolute Gasteiger partial charge is 0.494 e. The molecule has 0 spiro atoms. The van der Waals surface area contributed by atoms with Crippen LogP contribution in [-0.2, 0) is 4.74 Å². The molecule has 0 bridgehead atoms. The minimum atomic E-state index is -0.242. The first kappa shape index (κ1) is 21.5. The van der Waals surface area contributed by atoms with Gasteiger partial charge in [-0.2, -0.15) is 0 Å². The molecule has 0 atom stereocenters. The molecule has 1 saturated heterocycles. The monoisotopic (exact) mass is 379 g/mol. The fraction of sp³-hybridized carbons (Fsp3) is 0.667. The number of guanidine groups is 1.